The number of ether oxygens (including phenoxy) is 1. The van der Waals surface area contributed by atoms with E-state index in [-0.39, 0.29) is 6.09 Å². The summed E-state index contributed by atoms with van der Waals surface area (Å²) in [5.41, 5.74) is 8.08. The highest BCUT2D eigenvalue weighted by atomic mass is 16.6. The average Bonchev–Trinajstić information content (AvgIpc) is 2.25. The molecule has 0 bridgehead atoms. The summed E-state index contributed by atoms with van der Waals surface area (Å²) < 4.78 is 5.42. The van der Waals surface area contributed by atoms with Crippen LogP contribution in [-0.4, -0.2) is 18.2 Å². The van der Waals surface area contributed by atoms with E-state index in [0.717, 1.165) is 29.8 Å². The van der Waals surface area contributed by atoms with Gasteiger partial charge in [-0.3, -0.25) is 4.90 Å². The maximum absolute atomic E-state index is 12.1. The molecule has 0 aliphatic carbocycles. The van der Waals surface area contributed by atoms with Crippen molar-refractivity contribution in [2.45, 2.75) is 39.2 Å². The molecule has 4 heteroatoms. The number of aryl methyl sites for hydroxylation is 1. The summed E-state index contributed by atoms with van der Waals surface area (Å²) in [6, 6.07) is 5.65. The molecule has 1 aliphatic rings. The fourth-order valence-corrected chi connectivity index (χ4v) is 2.12. The zero-order valence-electron chi connectivity index (χ0n) is 11.2. The molecular weight excluding hydrogens is 228 g/mol. The van der Waals surface area contributed by atoms with Gasteiger partial charge in [-0.2, -0.15) is 0 Å². The lowest BCUT2D eigenvalue weighted by atomic mass is 10.0. The molecule has 0 fully saturated rings. The summed E-state index contributed by atoms with van der Waals surface area (Å²) in [5.74, 6) is 0. The molecular formula is C14H20N2O2. The van der Waals surface area contributed by atoms with Crippen LogP contribution in [0.3, 0.4) is 0 Å². The number of hydrogen-bond donors (Lipinski definition) is 1. The van der Waals surface area contributed by atoms with Crippen molar-refractivity contribution in [3.05, 3.63) is 23.8 Å². The zero-order valence-corrected chi connectivity index (χ0v) is 11.2. The van der Waals surface area contributed by atoms with Crippen molar-refractivity contribution >= 4 is 17.5 Å². The van der Waals surface area contributed by atoms with E-state index in [1.54, 1.807) is 4.90 Å². The highest BCUT2D eigenvalue weighted by molar-refractivity contribution is 5.89. The lowest BCUT2D eigenvalue weighted by Gasteiger charge is -2.31. The van der Waals surface area contributed by atoms with Crippen LogP contribution in [0.2, 0.25) is 0 Å². The average molecular weight is 248 g/mol. The first-order chi connectivity index (χ1) is 8.37. The number of nitrogen functional groups attached to an aromatic ring is 1. The Morgan fingerprint density at radius 1 is 1.39 bits per heavy atom. The van der Waals surface area contributed by atoms with Gasteiger partial charge in [-0.25, -0.2) is 4.79 Å². The second-order valence-electron chi connectivity index (χ2n) is 5.62. The first kappa shape index (κ1) is 12.7. The molecule has 0 radical (unpaired) electrons. The van der Waals surface area contributed by atoms with Crippen LogP contribution in [0.5, 0.6) is 0 Å². The van der Waals surface area contributed by atoms with Gasteiger partial charge in [0, 0.05) is 12.2 Å². The molecule has 0 saturated heterocycles. The number of anilines is 2. The number of carbonyl (C=O) groups excluding carboxylic acids is 1. The first-order valence-corrected chi connectivity index (χ1v) is 6.26. The second-order valence-corrected chi connectivity index (χ2v) is 5.62. The lowest BCUT2D eigenvalue weighted by molar-refractivity contribution is 0.0578. The van der Waals surface area contributed by atoms with Gasteiger partial charge >= 0.3 is 6.09 Å². The highest BCUT2D eigenvalue weighted by Crippen LogP contribution is 2.29. The monoisotopic (exact) mass is 248 g/mol. The largest absolute Gasteiger partial charge is 0.443 e. The van der Waals surface area contributed by atoms with Crippen LogP contribution in [0.4, 0.5) is 16.2 Å². The van der Waals surface area contributed by atoms with Gasteiger partial charge < -0.3 is 10.5 Å². The van der Waals surface area contributed by atoms with Crippen molar-refractivity contribution in [2.24, 2.45) is 0 Å². The third kappa shape index (κ3) is 2.75. The maximum Gasteiger partial charge on any atom is 0.414 e. The Labute approximate surface area is 108 Å². The number of amides is 1. The fourth-order valence-electron chi connectivity index (χ4n) is 2.12. The van der Waals surface area contributed by atoms with E-state index < -0.39 is 5.60 Å². The predicted octanol–water partition coefficient (Wildman–Crippen LogP) is 2.96. The van der Waals surface area contributed by atoms with E-state index >= 15 is 0 Å². The quantitative estimate of drug-likeness (QED) is 0.718. The van der Waals surface area contributed by atoms with E-state index in [1.807, 2.05) is 39.0 Å². The van der Waals surface area contributed by atoms with Crippen LogP contribution >= 0.6 is 0 Å². The van der Waals surface area contributed by atoms with Gasteiger partial charge in [0.05, 0.1) is 5.69 Å². The molecule has 1 aromatic carbocycles. The van der Waals surface area contributed by atoms with Crippen molar-refractivity contribution in [3.63, 3.8) is 0 Å². The van der Waals surface area contributed by atoms with Gasteiger partial charge in [-0.15, -0.1) is 0 Å². The van der Waals surface area contributed by atoms with Crippen molar-refractivity contribution in [3.8, 4) is 0 Å². The second kappa shape index (κ2) is 4.52. The number of benzene rings is 1. The first-order valence-electron chi connectivity index (χ1n) is 6.26. The standard InChI is InChI=1S/C14H20N2O2/c1-14(2,3)18-13(17)16-8-4-5-10-9-11(15)6-7-12(10)16/h6-7,9H,4-5,8,15H2,1-3H3. The molecule has 18 heavy (non-hydrogen) atoms. The van der Waals surface area contributed by atoms with Crippen LogP contribution in [0.25, 0.3) is 0 Å². The molecule has 1 aliphatic heterocycles. The van der Waals surface area contributed by atoms with Crippen molar-refractivity contribution in [1.82, 2.24) is 0 Å². The molecule has 0 atom stereocenters. The van der Waals surface area contributed by atoms with Gasteiger partial charge in [0.25, 0.3) is 0 Å². The third-order valence-electron chi connectivity index (χ3n) is 2.84. The summed E-state index contributed by atoms with van der Waals surface area (Å²) in [4.78, 5) is 13.8. The number of nitrogens with two attached hydrogens (primary N) is 1. The molecule has 4 nitrogen and oxygen atoms in total. The van der Waals surface area contributed by atoms with Gasteiger partial charge in [-0.1, -0.05) is 0 Å². The summed E-state index contributed by atoms with van der Waals surface area (Å²) >= 11 is 0. The lowest BCUT2D eigenvalue weighted by Crippen LogP contribution is -2.39. The molecule has 0 aromatic heterocycles. The molecule has 0 saturated carbocycles. The van der Waals surface area contributed by atoms with Gasteiger partial charge in [0.15, 0.2) is 0 Å². The van der Waals surface area contributed by atoms with E-state index in [2.05, 4.69) is 0 Å². The van der Waals surface area contributed by atoms with Gasteiger partial charge in [0.1, 0.15) is 5.60 Å². The maximum atomic E-state index is 12.1. The molecule has 0 unspecified atom stereocenters. The number of carbonyl (C=O) groups is 1. The Balaban J connectivity index is 2.25. The molecule has 0 spiro atoms. The summed E-state index contributed by atoms with van der Waals surface area (Å²) in [5, 5.41) is 0. The molecule has 2 rings (SSSR count). The number of fused-ring (bicyclic) bond motifs is 1. The van der Waals surface area contributed by atoms with Crippen LogP contribution < -0.4 is 10.6 Å². The fraction of sp³-hybridized carbons (Fsp3) is 0.500. The van der Waals surface area contributed by atoms with E-state index in [4.69, 9.17) is 10.5 Å². The number of nitrogens with zero attached hydrogens (tertiary/aromatic N) is 1. The minimum absolute atomic E-state index is 0.284. The Kier molecular flexibility index (Phi) is 3.20. The number of rotatable bonds is 0. The van der Waals surface area contributed by atoms with E-state index in [0.29, 0.717) is 6.54 Å². The Morgan fingerprint density at radius 3 is 2.78 bits per heavy atom. The normalized spacial score (nSPS) is 15.2. The number of hydrogen-bond acceptors (Lipinski definition) is 3. The minimum Gasteiger partial charge on any atom is -0.443 e. The van der Waals surface area contributed by atoms with Crippen molar-refractivity contribution < 1.29 is 9.53 Å². The topological polar surface area (TPSA) is 55.6 Å². The van der Waals surface area contributed by atoms with Crippen LogP contribution in [0, 0.1) is 0 Å². The summed E-state index contributed by atoms with van der Waals surface area (Å²) in [6.07, 6.45) is 1.61. The molecule has 98 valence electrons. The summed E-state index contributed by atoms with van der Waals surface area (Å²) in [6.45, 7) is 6.32. The molecule has 2 N–H and O–H groups in total. The van der Waals surface area contributed by atoms with Gasteiger partial charge in [-0.05, 0) is 57.4 Å². The van der Waals surface area contributed by atoms with Gasteiger partial charge in [0.2, 0.25) is 0 Å². The Morgan fingerprint density at radius 2 is 2.11 bits per heavy atom. The third-order valence-corrected chi connectivity index (χ3v) is 2.84. The van der Waals surface area contributed by atoms with Crippen molar-refractivity contribution in [2.75, 3.05) is 17.2 Å². The highest BCUT2D eigenvalue weighted by Gasteiger charge is 2.27. The predicted molar refractivity (Wildman–Crippen MR) is 72.8 cm³/mol. The molecule has 1 heterocycles. The minimum atomic E-state index is -0.470. The smallest absolute Gasteiger partial charge is 0.414 e. The SMILES string of the molecule is CC(C)(C)OC(=O)N1CCCc2cc(N)ccc21. The molecule has 1 aromatic rings. The summed E-state index contributed by atoms with van der Waals surface area (Å²) in [7, 11) is 0. The zero-order chi connectivity index (χ0) is 13.3. The van der Waals surface area contributed by atoms with Crippen molar-refractivity contribution in [1.29, 1.82) is 0 Å². The van der Waals surface area contributed by atoms with Crippen LogP contribution in [0.15, 0.2) is 18.2 Å². The van der Waals surface area contributed by atoms with Crippen LogP contribution in [-0.2, 0) is 11.2 Å². The Hall–Kier alpha value is -1.71. The van der Waals surface area contributed by atoms with Crippen LogP contribution in [0.1, 0.15) is 32.8 Å². The van der Waals surface area contributed by atoms with E-state index in [1.165, 1.54) is 0 Å². The van der Waals surface area contributed by atoms with E-state index in [9.17, 15) is 4.79 Å². The molecule has 1 amide bonds. The Bertz CT molecular complexity index is 463.